The number of benzene rings is 1. The molecule has 20 heavy (non-hydrogen) atoms. The smallest absolute Gasteiger partial charge is 0.297 e. The summed E-state index contributed by atoms with van der Waals surface area (Å²) in [5.74, 6) is -0.749. The molecule has 0 atom stereocenters. The van der Waals surface area contributed by atoms with E-state index in [1.807, 2.05) is 0 Å². The summed E-state index contributed by atoms with van der Waals surface area (Å²) < 4.78 is 0. The maximum atomic E-state index is 11.9. The fourth-order valence-corrected chi connectivity index (χ4v) is 2.02. The number of thiazole rings is 1. The van der Waals surface area contributed by atoms with Crippen molar-refractivity contribution >= 4 is 33.1 Å². The highest BCUT2D eigenvalue weighted by atomic mass is 32.1. The lowest BCUT2D eigenvalue weighted by Crippen LogP contribution is -2.13. The van der Waals surface area contributed by atoms with Crippen LogP contribution in [0.3, 0.4) is 0 Å². The third kappa shape index (κ3) is 2.75. The number of hydrogen-bond donors (Lipinski definition) is 1. The van der Waals surface area contributed by atoms with Crippen LogP contribution in [0.25, 0.3) is 0 Å². The van der Waals surface area contributed by atoms with E-state index in [-0.39, 0.29) is 21.4 Å². The largest absolute Gasteiger partial charge is 0.345 e. The third-order valence-electron chi connectivity index (χ3n) is 2.24. The Balaban J connectivity index is 2.24. The number of carbonyl (C=O) groups excluding carboxylic acids is 1. The number of hydrogen-bond acceptors (Lipinski definition) is 7. The van der Waals surface area contributed by atoms with Crippen LogP contribution in [0.5, 0.6) is 0 Å². The summed E-state index contributed by atoms with van der Waals surface area (Å²) in [6.45, 7) is 0. The van der Waals surface area contributed by atoms with Crippen molar-refractivity contribution in [2.75, 3.05) is 5.32 Å². The molecule has 102 valence electrons. The molecular formula is C10H6N4O5S. The van der Waals surface area contributed by atoms with E-state index in [0.29, 0.717) is 11.3 Å². The van der Waals surface area contributed by atoms with Gasteiger partial charge < -0.3 is 0 Å². The Morgan fingerprint density at radius 3 is 2.50 bits per heavy atom. The second-order valence-corrected chi connectivity index (χ2v) is 4.50. The zero-order chi connectivity index (χ0) is 14.7. The Kier molecular flexibility index (Phi) is 3.66. The topological polar surface area (TPSA) is 128 Å². The van der Waals surface area contributed by atoms with Gasteiger partial charge in [0.15, 0.2) is 5.13 Å². The quantitative estimate of drug-likeness (QED) is 0.679. The number of carbonyl (C=O) groups is 1. The van der Waals surface area contributed by atoms with Crippen LogP contribution in [0.15, 0.2) is 30.5 Å². The molecule has 0 aliphatic rings. The maximum absolute atomic E-state index is 11.9. The fourth-order valence-electron chi connectivity index (χ4n) is 1.40. The first-order valence-corrected chi connectivity index (χ1v) is 5.95. The predicted molar refractivity (Wildman–Crippen MR) is 69.8 cm³/mol. The molecule has 0 bridgehead atoms. The normalized spacial score (nSPS) is 10.0. The molecule has 0 aliphatic heterocycles. The van der Waals surface area contributed by atoms with E-state index in [1.54, 1.807) is 0 Å². The van der Waals surface area contributed by atoms with E-state index >= 15 is 0 Å². The van der Waals surface area contributed by atoms with Gasteiger partial charge in [0.05, 0.1) is 9.85 Å². The second kappa shape index (κ2) is 5.40. The van der Waals surface area contributed by atoms with Gasteiger partial charge in [0.1, 0.15) is 11.8 Å². The lowest BCUT2D eigenvalue weighted by molar-refractivity contribution is -0.385. The predicted octanol–water partition coefficient (Wildman–Crippen LogP) is 2.21. The summed E-state index contributed by atoms with van der Waals surface area (Å²) in [7, 11) is 0. The van der Waals surface area contributed by atoms with Crippen LogP contribution < -0.4 is 5.32 Å². The number of aromatic nitrogens is 1. The minimum Gasteiger partial charge on any atom is -0.297 e. The van der Waals surface area contributed by atoms with E-state index in [9.17, 15) is 25.0 Å². The number of nitro benzene ring substituents is 1. The van der Waals surface area contributed by atoms with Crippen molar-refractivity contribution in [3.05, 3.63) is 56.3 Å². The Labute approximate surface area is 115 Å². The van der Waals surface area contributed by atoms with Crippen molar-refractivity contribution < 1.29 is 14.6 Å². The van der Waals surface area contributed by atoms with Crippen LogP contribution >= 0.6 is 11.3 Å². The van der Waals surface area contributed by atoms with Crippen LogP contribution in [-0.2, 0) is 0 Å². The molecule has 1 amide bonds. The van der Waals surface area contributed by atoms with Gasteiger partial charge >= 0.3 is 5.00 Å². The van der Waals surface area contributed by atoms with E-state index in [1.165, 1.54) is 24.3 Å². The van der Waals surface area contributed by atoms with Crippen LogP contribution in [0, 0.1) is 20.2 Å². The van der Waals surface area contributed by atoms with E-state index < -0.39 is 15.8 Å². The van der Waals surface area contributed by atoms with Crippen molar-refractivity contribution in [2.24, 2.45) is 0 Å². The first-order chi connectivity index (χ1) is 9.49. The molecule has 0 unspecified atom stereocenters. The average Bonchev–Trinajstić information content (AvgIpc) is 2.87. The molecule has 1 aromatic heterocycles. The van der Waals surface area contributed by atoms with Crippen molar-refractivity contribution in [3.63, 3.8) is 0 Å². The summed E-state index contributed by atoms with van der Waals surface area (Å²) in [5, 5.41) is 23.3. The van der Waals surface area contributed by atoms with Crippen LogP contribution in [0.4, 0.5) is 15.8 Å². The van der Waals surface area contributed by atoms with Crippen molar-refractivity contribution in [1.29, 1.82) is 0 Å². The van der Waals surface area contributed by atoms with Gasteiger partial charge in [-0.15, -0.1) is 0 Å². The van der Waals surface area contributed by atoms with Gasteiger partial charge in [-0.3, -0.25) is 30.3 Å². The number of amides is 1. The van der Waals surface area contributed by atoms with Gasteiger partial charge in [0.25, 0.3) is 11.6 Å². The molecule has 0 spiro atoms. The molecule has 0 saturated heterocycles. The Hall–Kier alpha value is -2.88. The number of nitro groups is 2. The zero-order valence-electron chi connectivity index (χ0n) is 9.68. The molecule has 2 rings (SSSR count). The highest BCUT2D eigenvalue weighted by Gasteiger charge is 2.21. The fraction of sp³-hybridized carbons (Fsp3) is 0. The molecule has 2 aromatic rings. The molecule has 0 radical (unpaired) electrons. The van der Waals surface area contributed by atoms with Crippen molar-refractivity contribution in [2.45, 2.75) is 0 Å². The first-order valence-electron chi connectivity index (χ1n) is 5.14. The summed E-state index contributed by atoms with van der Waals surface area (Å²) in [5.41, 5.74) is -0.494. The number of nitrogens with one attached hydrogen (secondary N) is 1. The SMILES string of the molecule is O=C(Nc1ncc([N+](=O)[O-])s1)c1ccccc1[N+](=O)[O-]. The van der Waals surface area contributed by atoms with Crippen molar-refractivity contribution in [1.82, 2.24) is 4.98 Å². The van der Waals surface area contributed by atoms with Gasteiger partial charge in [-0.1, -0.05) is 12.1 Å². The molecule has 1 heterocycles. The highest BCUT2D eigenvalue weighted by molar-refractivity contribution is 7.18. The van der Waals surface area contributed by atoms with Crippen LogP contribution in [-0.4, -0.2) is 20.7 Å². The molecule has 1 aromatic carbocycles. The summed E-state index contributed by atoms with van der Waals surface area (Å²) in [6, 6.07) is 5.39. The molecule has 0 fully saturated rings. The number of para-hydroxylation sites is 1. The van der Waals surface area contributed by atoms with Gasteiger partial charge in [-0.2, -0.15) is 0 Å². The van der Waals surface area contributed by atoms with Crippen LogP contribution in [0.1, 0.15) is 10.4 Å². The standard InChI is InChI=1S/C10H6N4O5S/c15-9(6-3-1-2-4-7(6)13(16)17)12-10-11-5-8(20-10)14(18)19/h1-5H,(H,11,12,15). The van der Waals surface area contributed by atoms with E-state index in [2.05, 4.69) is 10.3 Å². The van der Waals surface area contributed by atoms with Gasteiger partial charge in [-0.05, 0) is 17.4 Å². The summed E-state index contributed by atoms with van der Waals surface area (Å²) in [6.07, 6.45) is 1.000. The van der Waals surface area contributed by atoms with E-state index in [4.69, 9.17) is 0 Å². The second-order valence-electron chi connectivity index (χ2n) is 3.49. The molecule has 9 nitrogen and oxygen atoms in total. The Morgan fingerprint density at radius 1 is 1.20 bits per heavy atom. The first kappa shape index (κ1) is 13.5. The van der Waals surface area contributed by atoms with E-state index in [0.717, 1.165) is 6.20 Å². The number of nitrogens with zero attached hydrogens (tertiary/aromatic N) is 3. The van der Waals surface area contributed by atoms with Gasteiger partial charge in [0, 0.05) is 6.07 Å². The minimum absolute atomic E-state index is 0.000138. The average molecular weight is 294 g/mol. The monoisotopic (exact) mass is 294 g/mol. The lowest BCUT2D eigenvalue weighted by atomic mass is 10.1. The summed E-state index contributed by atoms with van der Waals surface area (Å²) in [4.78, 5) is 35.5. The Morgan fingerprint density at radius 2 is 1.90 bits per heavy atom. The third-order valence-corrected chi connectivity index (χ3v) is 3.10. The zero-order valence-corrected chi connectivity index (χ0v) is 10.5. The summed E-state index contributed by atoms with van der Waals surface area (Å²) >= 11 is 0.666. The molecule has 1 N–H and O–H groups in total. The minimum atomic E-state index is -0.749. The Bertz CT molecular complexity index is 698. The molecule has 0 aliphatic carbocycles. The molecule has 10 heteroatoms. The number of anilines is 1. The molecule has 0 saturated carbocycles. The highest BCUT2D eigenvalue weighted by Crippen LogP contribution is 2.26. The van der Waals surface area contributed by atoms with Gasteiger partial charge in [0.2, 0.25) is 0 Å². The number of rotatable bonds is 4. The lowest BCUT2D eigenvalue weighted by Gasteiger charge is -2.01. The van der Waals surface area contributed by atoms with Crippen molar-refractivity contribution in [3.8, 4) is 0 Å². The van der Waals surface area contributed by atoms with Crippen LogP contribution in [0.2, 0.25) is 0 Å². The molecular weight excluding hydrogens is 288 g/mol. The maximum Gasteiger partial charge on any atom is 0.345 e. The van der Waals surface area contributed by atoms with Gasteiger partial charge in [-0.25, -0.2) is 4.98 Å².